The Hall–Kier alpha value is -2.55. The van der Waals surface area contributed by atoms with Crippen LogP contribution in [-0.2, 0) is 6.42 Å². The number of nitrogens with zero attached hydrogens (tertiary/aromatic N) is 1. The summed E-state index contributed by atoms with van der Waals surface area (Å²) in [6, 6.07) is 17.9. The number of methoxy groups -OCH3 is 1. The predicted octanol–water partition coefficient (Wildman–Crippen LogP) is 3.86. The third-order valence-corrected chi connectivity index (χ3v) is 3.41. The van der Waals surface area contributed by atoms with Gasteiger partial charge >= 0.3 is 0 Å². The van der Waals surface area contributed by atoms with Crippen molar-refractivity contribution >= 4 is 10.9 Å². The third kappa shape index (κ3) is 3.14. The molecule has 21 heavy (non-hydrogen) atoms. The van der Waals surface area contributed by atoms with E-state index in [1.165, 1.54) is 0 Å². The summed E-state index contributed by atoms with van der Waals surface area (Å²) in [7, 11) is 1.69. The molecule has 3 heteroatoms. The van der Waals surface area contributed by atoms with Gasteiger partial charge in [-0.2, -0.15) is 0 Å². The molecule has 1 aromatic heterocycles. The molecule has 3 rings (SSSR count). The van der Waals surface area contributed by atoms with E-state index in [0.717, 1.165) is 34.4 Å². The van der Waals surface area contributed by atoms with E-state index in [0.29, 0.717) is 6.61 Å². The van der Waals surface area contributed by atoms with E-state index < -0.39 is 0 Å². The minimum Gasteiger partial charge on any atom is -0.496 e. The molecule has 0 fully saturated rings. The van der Waals surface area contributed by atoms with Crippen LogP contribution in [0.25, 0.3) is 10.9 Å². The van der Waals surface area contributed by atoms with E-state index in [2.05, 4.69) is 11.1 Å². The van der Waals surface area contributed by atoms with Crippen molar-refractivity contribution in [3.8, 4) is 11.5 Å². The number of para-hydroxylation sites is 1. The van der Waals surface area contributed by atoms with Gasteiger partial charge in [0.05, 0.1) is 19.2 Å². The van der Waals surface area contributed by atoms with Crippen LogP contribution in [0.5, 0.6) is 11.5 Å². The summed E-state index contributed by atoms with van der Waals surface area (Å²) in [5, 5.41) is 1.09. The lowest BCUT2D eigenvalue weighted by atomic mass is 10.1. The van der Waals surface area contributed by atoms with Crippen LogP contribution in [-0.4, -0.2) is 18.7 Å². The predicted molar refractivity (Wildman–Crippen MR) is 83.9 cm³/mol. The summed E-state index contributed by atoms with van der Waals surface area (Å²) in [4.78, 5) is 4.30. The average molecular weight is 279 g/mol. The largest absolute Gasteiger partial charge is 0.496 e. The van der Waals surface area contributed by atoms with E-state index in [4.69, 9.17) is 9.47 Å². The molecular formula is C18H17NO2. The first kappa shape index (κ1) is 13.4. The summed E-state index contributed by atoms with van der Waals surface area (Å²) < 4.78 is 11.2. The lowest BCUT2D eigenvalue weighted by Gasteiger charge is -2.10. The Morgan fingerprint density at radius 3 is 2.81 bits per heavy atom. The van der Waals surface area contributed by atoms with Crippen LogP contribution in [0.4, 0.5) is 0 Å². The maximum absolute atomic E-state index is 5.83. The Labute approximate surface area is 124 Å². The summed E-state index contributed by atoms with van der Waals surface area (Å²) in [5.74, 6) is 1.77. The second-order valence-corrected chi connectivity index (χ2v) is 4.77. The van der Waals surface area contributed by atoms with Crippen LogP contribution < -0.4 is 9.47 Å². The van der Waals surface area contributed by atoms with Crippen LogP contribution >= 0.6 is 0 Å². The Balaban J connectivity index is 1.66. The third-order valence-electron chi connectivity index (χ3n) is 3.41. The minimum absolute atomic E-state index is 0.617. The summed E-state index contributed by atoms with van der Waals surface area (Å²) >= 11 is 0. The van der Waals surface area contributed by atoms with Crippen molar-refractivity contribution in [2.24, 2.45) is 0 Å². The first-order valence-corrected chi connectivity index (χ1v) is 6.96. The van der Waals surface area contributed by atoms with Crippen LogP contribution in [0.15, 0.2) is 60.8 Å². The molecule has 0 radical (unpaired) electrons. The lowest BCUT2D eigenvalue weighted by molar-refractivity contribution is 0.319. The molecule has 0 atom stereocenters. The lowest BCUT2D eigenvalue weighted by Crippen LogP contribution is -2.02. The molecule has 3 aromatic rings. The second kappa shape index (κ2) is 6.27. The van der Waals surface area contributed by atoms with Gasteiger partial charge in [-0.1, -0.05) is 24.3 Å². The van der Waals surface area contributed by atoms with Gasteiger partial charge in [0.25, 0.3) is 0 Å². The van der Waals surface area contributed by atoms with Crippen molar-refractivity contribution in [2.45, 2.75) is 6.42 Å². The smallest absolute Gasteiger partial charge is 0.122 e. The van der Waals surface area contributed by atoms with Gasteiger partial charge in [0.15, 0.2) is 0 Å². The van der Waals surface area contributed by atoms with Gasteiger partial charge in [0.1, 0.15) is 11.5 Å². The normalized spacial score (nSPS) is 10.5. The number of ether oxygens (including phenoxy) is 2. The fourth-order valence-electron chi connectivity index (χ4n) is 2.33. The zero-order chi connectivity index (χ0) is 14.5. The SMILES string of the molecule is COc1ccccc1CCOc1ccc2ncccc2c1. The number of benzene rings is 2. The van der Waals surface area contributed by atoms with E-state index in [9.17, 15) is 0 Å². The molecule has 0 aliphatic heterocycles. The molecule has 1 heterocycles. The molecule has 106 valence electrons. The Bertz CT molecular complexity index is 740. The van der Waals surface area contributed by atoms with Crippen LogP contribution in [0, 0.1) is 0 Å². The highest BCUT2D eigenvalue weighted by Gasteiger charge is 2.02. The molecule has 0 aliphatic carbocycles. The molecule has 3 nitrogen and oxygen atoms in total. The highest BCUT2D eigenvalue weighted by molar-refractivity contribution is 5.79. The van der Waals surface area contributed by atoms with Crippen molar-refractivity contribution in [1.29, 1.82) is 0 Å². The van der Waals surface area contributed by atoms with E-state index in [1.807, 2.05) is 48.5 Å². The first-order valence-electron chi connectivity index (χ1n) is 6.96. The van der Waals surface area contributed by atoms with Crippen LogP contribution in [0.1, 0.15) is 5.56 Å². The molecule has 0 aliphatic rings. The fourth-order valence-corrected chi connectivity index (χ4v) is 2.33. The van der Waals surface area contributed by atoms with Gasteiger partial charge in [0.2, 0.25) is 0 Å². The van der Waals surface area contributed by atoms with Gasteiger partial charge in [0, 0.05) is 18.0 Å². The van der Waals surface area contributed by atoms with Gasteiger partial charge < -0.3 is 9.47 Å². The number of fused-ring (bicyclic) bond motifs is 1. The molecule has 0 saturated heterocycles. The Morgan fingerprint density at radius 2 is 1.90 bits per heavy atom. The molecule has 0 N–H and O–H groups in total. The number of pyridine rings is 1. The van der Waals surface area contributed by atoms with Crippen molar-refractivity contribution in [2.75, 3.05) is 13.7 Å². The van der Waals surface area contributed by atoms with Crippen LogP contribution in [0.3, 0.4) is 0 Å². The van der Waals surface area contributed by atoms with Gasteiger partial charge in [-0.05, 0) is 35.9 Å². The van der Waals surface area contributed by atoms with Crippen LogP contribution in [0.2, 0.25) is 0 Å². The fraction of sp³-hybridized carbons (Fsp3) is 0.167. The molecule has 0 saturated carbocycles. The van der Waals surface area contributed by atoms with E-state index in [1.54, 1.807) is 13.3 Å². The van der Waals surface area contributed by atoms with E-state index in [-0.39, 0.29) is 0 Å². The number of aromatic nitrogens is 1. The molecule has 0 spiro atoms. The van der Waals surface area contributed by atoms with Gasteiger partial charge in [-0.3, -0.25) is 4.98 Å². The summed E-state index contributed by atoms with van der Waals surface area (Å²) in [5.41, 5.74) is 2.14. The van der Waals surface area contributed by atoms with E-state index >= 15 is 0 Å². The van der Waals surface area contributed by atoms with Gasteiger partial charge in [-0.25, -0.2) is 0 Å². The summed E-state index contributed by atoms with van der Waals surface area (Å²) in [6.07, 6.45) is 2.61. The Morgan fingerprint density at radius 1 is 1.00 bits per heavy atom. The van der Waals surface area contributed by atoms with Gasteiger partial charge in [-0.15, -0.1) is 0 Å². The number of hydrogen-bond donors (Lipinski definition) is 0. The van der Waals surface area contributed by atoms with Crippen molar-refractivity contribution in [3.05, 3.63) is 66.4 Å². The highest BCUT2D eigenvalue weighted by atomic mass is 16.5. The minimum atomic E-state index is 0.617. The standard InChI is InChI=1S/C18H17NO2/c1-20-18-7-3-2-5-14(18)10-12-21-16-8-9-17-15(13-16)6-4-11-19-17/h2-9,11,13H,10,12H2,1H3. The number of rotatable bonds is 5. The quantitative estimate of drug-likeness (QED) is 0.710. The monoisotopic (exact) mass is 279 g/mol. The molecule has 2 aromatic carbocycles. The van der Waals surface area contributed by atoms with Crippen molar-refractivity contribution in [1.82, 2.24) is 4.98 Å². The summed E-state index contributed by atoms with van der Waals surface area (Å²) in [6.45, 7) is 0.617. The van der Waals surface area contributed by atoms with Crippen molar-refractivity contribution < 1.29 is 9.47 Å². The zero-order valence-electron chi connectivity index (χ0n) is 12.0. The van der Waals surface area contributed by atoms with Crippen molar-refractivity contribution in [3.63, 3.8) is 0 Å². The molecule has 0 unspecified atom stereocenters. The second-order valence-electron chi connectivity index (χ2n) is 4.77. The molecular weight excluding hydrogens is 262 g/mol. The zero-order valence-corrected chi connectivity index (χ0v) is 12.0. The maximum Gasteiger partial charge on any atom is 0.122 e. The topological polar surface area (TPSA) is 31.4 Å². The first-order chi connectivity index (χ1) is 10.4. The molecule has 0 amide bonds. The highest BCUT2D eigenvalue weighted by Crippen LogP contribution is 2.21. The average Bonchev–Trinajstić information content (AvgIpc) is 2.55. The Kier molecular flexibility index (Phi) is 4.01. The molecule has 0 bridgehead atoms. The maximum atomic E-state index is 5.83. The number of hydrogen-bond acceptors (Lipinski definition) is 3.